The van der Waals surface area contributed by atoms with Crippen molar-refractivity contribution >= 4 is 5.91 Å². The van der Waals surface area contributed by atoms with Gasteiger partial charge in [-0.2, -0.15) is 13.2 Å². The number of aliphatic hydroxyl groups is 1. The van der Waals surface area contributed by atoms with Gasteiger partial charge in [0.2, 0.25) is 0 Å². The Morgan fingerprint density at radius 1 is 1.27 bits per heavy atom. The van der Waals surface area contributed by atoms with Gasteiger partial charge in [0.25, 0.3) is 0 Å². The van der Waals surface area contributed by atoms with Gasteiger partial charge in [-0.3, -0.25) is 4.79 Å². The highest BCUT2D eigenvalue weighted by molar-refractivity contribution is 5.81. The maximum atomic E-state index is 11.9. The van der Waals surface area contributed by atoms with Crippen LogP contribution in [0.5, 0.6) is 0 Å². The fraction of sp³-hybridized carbons (Fsp3) is 0.889. The molecule has 0 atom stereocenters. The maximum Gasteiger partial charge on any atom is 0.471 e. The van der Waals surface area contributed by atoms with Crippen LogP contribution in [0.4, 0.5) is 13.2 Å². The van der Waals surface area contributed by atoms with Gasteiger partial charge in [-0.25, -0.2) is 0 Å². The lowest BCUT2D eigenvalue weighted by Crippen LogP contribution is -2.44. The van der Waals surface area contributed by atoms with Crippen LogP contribution in [0.15, 0.2) is 0 Å². The van der Waals surface area contributed by atoms with E-state index in [-0.39, 0.29) is 12.5 Å². The van der Waals surface area contributed by atoms with Crippen molar-refractivity contribution in [3.05, 3.63) is 0 Å². The van der Waals surface area contributed by atoms with E-state index >= 15 is 0 Å². The molecule has 0 aliphatic heterocycles. The summed E-state index contributed by atoms with van der Waals surface area (Å²) < 4.78 is 35.7. The third-order valence-electron chi connectivity index (χ3n) is 2.70. The summed E-state index contributed by atoms with van der Waals surface area (Å²) in [7, 11) is 0. The second-order valence-electron chi connectivity index (χ2n) is 3.87. The molecule has 6 heteroatoms. The molecule has 0 unspecified atom stereocenters. The fourth-order valence-corrected chi connectivity index (χ4v) is 1.76. The number of carbonyl (C=O) groups is 1. The molecule has 15 heavy (non-hydrogen) atoms. The van der Waals surface area contributed by atoms with Gasteiger partial charge in [0.1, 0.15) is 0 Å². The Hall–Kier alpha value is -0.780. The first kappa shape index (κ1) is 12.3. The van der Waals surface area contributed by atoms with Gasteiger partial charge in [-0.05, 0) is 31.6 Å². The van der Waals surface area contributed by atoms with Crippen LogP contribution >= 0.6 is 0 Å². The number of alkyl halides is 3. The number of aliphatic hydroxyl groups excluding tert-OH is 1. The molecule has 0 bridgehead atoms. The highest BCUT2D eigenvalue weighted by Gasteiger charge is 2.40. The Balaban J connectivity index is 2.33. The number of amides is 1. The molecule has 0 aromatic carbocycles. The molecule has 1 fully saturated rings. The highest BCUT2D eigenvalue weighted by atomic mass is 19.4. The van der Waals surface area contributed by atoms with Crippen LogP contribution in [-0.4, -0.2) is 29.8 Å². The molecule has 1 saturated carbocycles. The van der Waals surface area contributed by atoms with Crippen molar-refractivity contribution in [2.75, 3.05) is 6.61 Å². The zero-order chi connectivity index (χ0) is 11.5. The van der Waals surface area contributed by atoms with E-state index < -0.39 is 18.1 Å². The molecule has 0 spiro atoms. The van der Waals surface area contributed by atoms with E-state index in [4.69, 9.17) is 5.11 Å². The van der Waals surface area contributed by atoms with Gasteiger partial charge < -0.3 is 10.4 Å². The minimum absolute atomic E-state index is 0.0694. The summed E-state index contributed by atoms with van der Waals surface area (Å²) in [6.07, 6.45) is -2.45. The number of hydrogen-bond donors (Lipinski definition) is 2. The average Bonchev–Trinajstić information content (AvgIpc) is 2.17. The van der Waals surface area contributed by atoms with Gasteiger partial charge >= 0.3 is 12.1 Å². The minimum Gasteiger partial charge on any atom is -0.396 e. The molecule has 0 radical (unpaired) electrons. The van der Waals surface area contributed by atoms with Gasteiger partial charge in [-0.1, -0.05) is 0 Å². The second-order valence-corrected chi connectivity index (χ2v) is 3.87. The molecule has 3 nitrogen and oxygen atoms in total. The second kappa shape index (κ2) is 4.83. The Kier molecular flexibility index (Phi) is 3.96. The normalized spacial score (nSPS) is 27.5. The molecule has 0 saturated heterocycles. The van der Waals surface area contributed by atoms with E-state index in [1.165, 1.54) is 0 Å². The highest BCUT2D eigenvalue weighted by Crippen LogP contribution is 2.24. The zero-order valence-electron chi connectivity index (χ0n) is 8.18. The summed E-state index contributed by atoms with van der Waals surface area (Å²) in [5.41, 5.74) is 0. The van der Waals surface area contributed by atoms with E-state index in [0.29, 0.717) is 25.7 Å². The van der Waals surface area contributed by atoms with Gasteiger partial charge in [0, 0.05) is 12.6 Å². The van der Waals surface area contributed by atoms with Crippen molar-refractivity contribution in [2.45, 2.75) is 37.9 Å². The standard InChI is InChI=1S/C9H14F3NO2/c10-9(11,12)8(15)13-7-3-1-6(5-14)2-4-7/h6-7,14H,1-5H2,(H,13,15)/t6-,7-. The van der Waals surface area contributed by atoms with E-state index in [9.17, 15) is 18.0 Å². The Bertz CT molecular complexity index is 222. The van der Waals surface area contributed by atoms with Crippen LogP contribution < -0.4 is 5.32 Å². The van der Waals surface area contributed by atoms with Crippen LogP contribution in [0, 0.1) is 5.92 Å². The molecule has 0 aromatic rings. The first-order valence-corrected chi connectivity index (χ1v) is 4.92. The predicted molar refractivity (Wildman–Crippen MR) is 47.0 cm³/mol. The van der Waals surface area contributed by atoms with Crippen LogP contribution in [0.25, 0.3) is 0 Å². The lowest BCUT2D eigenvalue weighted by Gasteiger charge is -2.28. The molecule has 88 valence electrons. The van der Waals surface area contributed by atoms with Crippen molar-refractivity contribution < 1.29 is 23.1 Å². The fourth-order valence-electron chi connectivity index (χ4n) is 1.76. The van der Waals surface area contributed by atoms with Crippen LogP contribution in [0.3, 0.4) is 0 Å². The largest absolute Gasteiger partial charge is 0.471 e. The van der Waals surface area contributed by atoms with Gasteiger partial charge in [0.05, 0.1) is 0 Å². The average molecular weight is 225 g/mol. The third kappa shape index (κ3) is 3.70. The van der Waals surface area contributed by atoms with E-state index in [1.54, 1.807) is 0 Å². The Morgan fingerprint density at radius 2 is 1.80 bits per heavy atom. The Morgan fingerprint density at radius 3 is 2.20 bits per heavy atom. The van der Waals surface area contributed by atoms with Crippen LogP contribution in [0.2, 0.25) is 0 Å². The minimum atomic E-state index is -4.80. The lowest BCUT2D eigenvalue weighted by atomic mass is 9.86. The first-order valence-electron chi connectivity index (χ1n) is 4.92. The topological polar surface area (TPSA) is 49.3 Å². The van der Waals surface area contributed by atoms with Crippen molar-refractivity contribution in [1.29, 1.82) is 0 Å². The quantitative estimate of drug-likeness (QED) is 0.742. The number of hydrogen-bond acceptors (Lipinski definition) is 2. The molecular weight excluding hydrogens is 211 g/mol. The van der Waals surface area contributed by atoms with Crippen LogP contribution in [-0.2, 0) is 4.79 Å². The summed E-state index contributed by atoms with van der Waals surface area (Å²) >= 11 is 0. The molecule has 0 aromatic heterocycles. The zero-order valence-corrected chi connectivity index (χ0v) is 8.18. The number of nitrogens with one attached hydrogen (secondary N) is 1. The monoisotopic (exact) mass is 225 g/mol. The maximum absolute atomic E-state index is 11.9. The summed E-state index contributed by atoms with van der Waals surface area (Å²) in [6, 6.07) is -0.401. The molecule has 0 heterocycles. The summed E-state index contributed by atoms with van der Waals surface area (Å²) in [4.78, 5) is 10.6. The summed E-state index contributed by atoms with van der Waals surface area (Å²) in [5, 5.41) is 10.8. The smallest absolute Gasteiger partial charge is 0.396 e. The number of carbonyl (C=O) groups excluding carboxylic acids is 1. The van der Waals surface area contributed by atoms with Gasteiger partial charge in [0.15, 0.2) is 0 Å². The molecule has 1 amide bonds. The van der Waals surface area contributed by atoms with Gasteiger partial charge in [-0.15, -0.1) is 0 Å². The molecule has 1 aliphatic rings. The van der Waals surface area contributed by atoms with E-state index in [2.05, 4.69) is 0 Å². The number of rotatable bonds is 2. The van der Waals surface area contributed by atoms with Crippen molar-refractivity contribution in [1.82, 2.24) is 5.32 Å². The van der Waals surface area contributed by atoms with Crippen molar-refractivity contribution in [3.8, 4) is 0 Å². The molecule has 1 aliphatic carbocycles. The van der Waals surface area contributed by atoms with E-state index in [1.807, 2.05) is 5.32 Å². The number of halogens is 3. The van der Waals surface area contributed by atoms with Crippen LogP contribution in [0.1, 0.15) is 25.7 Å². The molecular formula is C9H14F3NO2. The van der Waals surface area contributed by atoms with Crippen molar-refractivity contribution in [3.63, 3.8) is 0 Å². The lowest BCUT2D eigenvalue weighted by molar-refractivity contribution is -0.174. The predicted octanol–water partition coefficient (Wildman–Crippen LogP) is 1.22. The first-order chi connectivity index (χ1) is 6.93. The third-order valence-corrected chi connectivity index (χ3v) is 2.70. The summed E-state index contributed by atoms with van der Waals surface area (Å²) in [6.45, 7) is 0.0694. The van der Waals surface area contributed by atoms with Crippen molar-refractivity contribution in [2.24, 2.45) is 5.92 Å². The summed E-state index contributed by atoms with van der Waals surface area (Å²) in [5.74, 6) is -1.70. The van der Waals surface area contributed by atoms with E-state index in [0.717, 1.165) is 0 Å². The molecule has 2 N–H and O–H groups in total. The molecule has 1 rings (SSSR count). The Labute approximate surface area is 85.7 Å². The SMILES string of the molecule is O=C(N[C@H]1CC[C@H](CO)CC1)C(F)(F)F.